The highest BCUT2D eigenvalue weighted by Crippen LogP contribution is 2.67. The molecule has 4 saturated carbocycles. The Morgan fingerprint density at radius 2 is 1.97 bits per heavy atom. The summed E-state index contributed by atoms with van der Waals surface area (Å²) in [5.41, 5.74) is -0.167. The number of hydrogen-bond acceptors (Lipinski definition) is 3. The van der Waals surface area contributed by atoms with Crippen LogP contribution in [0.5, 0.6) is 0 Å². The predicted molar refractivity (Wildman–Crippen MR) is 122 cm³/mol. The molecule has 0 aliphatic heterocycles. The van der Waals surface area contributed by atoms with Crippen molar-refractivity contribution >= 4 is 0 Å². The van der Waals surface area contributed by atoms with Crippen LogP contribution in [0.1, 0.15) is 91.9 Å². The molecule has 0 aromatic rings. The molecule has 30 heavy (non-hydrogen) atoms. The highest BCUT2D eigenvalue weighted by molar-refractivity contribution is 5.39. The standard InChI is InChI=1S/C27H44O3/c1-18(8-6-11-24(3,4)29)21-9-10-23-25(21,5)12-7-13-27(23,30)15-14-26-17-20(26)16-22(28)19(26)2/h14-15,18,20-23,28-30H,2,6-13,16-17H2,1,3-5H3/b15-14+/t18-,20-,21-,22+,23-,25-,26-,27-/m1/s1/i2+1,13+1,15+1. The van der Waals surface area contributed by atoms with Crippen LogP contribution in [-0.2, 0) is 0 Å². The fourth-order valence-corrected chi connectivity index (χ4v) is 7.93. The van der Waals surface area contributed by atoms with E-state index >= 15 is 0 Å². The second kappa shape index (κ2) is 7.46. The molecule has 0 radical (unpaired) electrons. The normalized spacial score (nSPS) is 46.8. The highest BCUT2D eigenvalue weighted by Gasteiger charge is 2.62. The SMILES string of the molecule is C[C@H](CCCC(C)(C)O)[C@H]1CC[C@@H]2[C@]1(C)CC[13CH2][C@@]2(O)/[13CH]=C/[C@]12C[C@H]1C[C@H](O)C2=[13CH2]. The van der Waals surface area contributed by atoms with E-state index < -0.39 is 11.2 Å². The van der Waals surface area contributed by atoms with Crippen LogP contribution < -0.4 is 0 Å². The lowest BCUT2D eigenvalue weighted by atomic mass is 9.61. The van der Waals surface area contributed by atoms with Crippen molar-refractivity contribution in [3.05, 3.63) is 24.3 Å². The summed E-state index contributed by atoms with van der Waals surface area (Å²) < 4.78 is 0. The number of rotatable bonds is 7. The van der Waals surface area contributed by atoms with E-state index in [0.717, 1.165) is 56.9 Å². The van der Waals surface area contributed by atoms with Gasteiger partial charge in [-0.3, -0.25) is 0 Å². The van der Waals surface area contributed by atoms with Crippen LogP contribution in [0.2, 0.25) is 0 Å². The summed E-state index contributed by atoms with van der Waals surface area (Å²) in [6.45, 7) is 12.8. The minimum absolute atomic E-state index is 0.0363. The van der Waals surface area contributed by atoms with E-state index in [1.54, 1.807) is 0 Å². The van der Waals surface area contributed by atoms with Gasteiger partial charge in [0.25, 0.3) is 0 Å². The molecule has 4 aliphatic rings. The molecule has 3 nitrogen and oxygen atoms in total. The molecule has 0 amide bonds. The van der Waals surface area contributed by atoms with Crippen LogP contribution in [0.15, 0.2) is 24.3 Å². The largest absolute Gasteiger partial charge is 0.390 e. The lowest BCUT2D eigenvalue weighted by Gasteiger charge is -2.50. The fraction of sp³-hybridized carbons (Fsp3) is 0.852. The lowest BCUT2D eigenvalue weighted by molar-refractivity contribution is -0.0783. The van der Waals surface area contributed by atoms with E-state index in [9.17, 15) is 15.3 Å². The zero-order valence-corrected chi connectivity index (χ0v) is 19.7. The van der Waals surface area contributed by atoms with Crippen molar-refractivity contribution in [1.29, 1.82) is 0 Å². The van der Waals surface area contributed by atoms with Crippen LogP contribution in [0.4, 0.5) is 0 Å². The third-order valence-electron chi connectivity index (χ3n) is 9.77. The van der Waals surface area contributed by atoms with Gasteiger partial charge < -0.3 is 15.3 Å². The molecule has 170 valence electrons. The van der Waals surface area contributed by atoms with Gasteiger partial charge in [-0.2, -0.15) is 0 Å². The van der Waals surface area contributed by atoms with Crippen LogP contribution >= 0.6 is 0 Å². The van der Waals surface area contributed by atoms with E-state index in [0.29, 0.717) is 23.7 Å². The lowest BCUT2D eigenvalue weighted by Crippen LogP contribution is -2.49. The fourth-order valence-electron chi connectivity index (χ4n) is 7.93. The molecule has 4 rings (SSSR count). The van der Waals surface area contributed by atoms with E-state index in [4.69, 9.17) is 0 Å². The van der Waals surface area contributed by atoms with Gasteiger partial charge in [0.05, 0.1) is 17.3 Å². The maximum atomic E-state index is 11.8. The van der Waals surface area contributed by atoms with Crippen LogP contribution in [0.25, 0.3) is 0 Å². The summed E-state index contributed by atoms with van der Waals surface area (Å²) in [6.07, 6.45) is 14.5. The predicted octanol–water partition coefficient (Wildman–Crippen LogP) is 5.39. The molecule has 0 heterocycles. The molecule has 4 fully saturated rings. The van der Waals surface area contributed by atoms with Crippen LogP contribution in [-0.4, -0.2) is 32.6 Å². The Labute approximate surface area is 183 Å². The number of allylic oxidation sites excluding steroid dienone is 1. The molecule has 8 atom stereocenters. The zero-order valence-electron chi connectivity index (χ0n) is 19.7. The zero-order chi connectivity index (χ0) is 21.9. The topological polar surface area (TPSA) is 60.7 Å². The molecule has 4 aliphatic carbocycles. The molecular weight excluding hydrogens is 375 g/mol. The molecule has 0 aromatic carbocycles. The highest BCUT2D eigenvalue weighted by atomic mass is 16.3. The van der Waals surface area contributed by atoms with E-state index in [1.807, 2.05) is 13.8 Å². The van der Waals surface area contributed by atoms with Crippen molar-refractivity contribution in [3.63, 3.8) is 0 Å². The van der Waals surface area contributed by atoms with Crippen molar-refractivity contribution in [2.75, 3.05) is 0 Å². The second-order valence-electron chi connectivity index (χ2n) is 12.3. The minimum atomic E-state index is -0.718. The molecule has 3 heteroatoms. The second-order valence-corrected chi connectivity index (χ2v) is 12.3. The average molecular weight is 420 g/mol. The quantitative estimate of drug-likeness (QED) is 0.383. The molecule has 3 N–H and O–H groups in total. The maximum Gasteiger partial charge on any atom is 0.0861 e. The first-order chi connectivity index (χ1) is 13.9. The van der Waals surface area contributed by atoms with Crippen molar-refractivity contribution in [1.82, 2.24) is 0 Å². The third kappa shape index (κ3) is 3.73. The first-order valence-corrected chi connectivity index (χ1v) is 12.4. The van der Waals surface area contributed by atoms with Crippen molar-refractivity contribution in [3.8, 4) is 0 Å². The monoisotopic (exact) mass is 419 g/mol. The summed E-state index contributed by atoms with van der Waals surface area (Å²) in [4.78, 5) is 0. The van der Waals surface area contributed by atoms with Crippen molar-refractivity contribution < 1.29 is 15.3 Å². The summed E-state index contributed by atoms with van der Waals surface area (Å²) in [5.74, 6) is 2.14. The van der Waals surface area contributed by atoms with E-state index in [1.165, 1.54) is 12.8 Å². The van der Waals surface area contributed by atoms with Crippen molar-refractivity contribution in [2.24, 2.45) is 34.5 Å². The van der Waals surface area contributed by atoms with E-state index in [-0.39, 0.29) is 16.9 Å². The van der Waals surface area contributed by atoms with Gasteiger partial charge in [0.1, 0.15) is 0 Å². The summed E-state index contributed by atoms with van der Waals surface area (Å²) in [5, 5.41) is 32.0. The van der Waals surface area contributed by atoms with E-state index in [2.05, 4.69) is 32.6 Å². The van der Waals surface area contributed by atoms with Gasteiger partial charge in [-0.1, -0.05) is 45.4 Å². The minimum Gasteiger partial charge on any atom is -0.390 e. The first kappa shape index (κ1) is 22.6. The average Bonchev–Trinajstić information content (AvgIpc) is 3.12. The Morgan fingerprint density at radius 3 is 2.60 bits per heavy atom. The molecule has 0 spiro atoms. The molecule has 0 aromatic heterocycles. The summed E-state index contributed by atoms with van der Waals surface area (Å²) in [7, 11) is 0. The Morgan fingerprint density at radius 1 is 1.23 bits per heavy atom. The van der Waals surface area contributed by atoms with Crippen molar-refractivity contribution in [2.45, 2.75) is 109 Å². The number of aliphatic hydroxyl groups is 3. The van der Waals surface area contributed by atoms with Gasteiger partial charge in [-0.15, -0.1) is 0 Å². The van der Waals surface area contributed by atoms with Crippen LogP contribution in [0.3, 0.4) is 0 Å². The molecule has 0 bridgehead atoms. The molecule has 0 saturated heterocycles. The Balaban J connectivity index is 1.46. The Bertz CT molecular complexity index is 705. The van der Waals surface area contributed by atoms with Gasteiger partial charge in [0.2, 0.25) is 0 Å². The number of hydrogen-bond donors (Lipinski definition) is 3. The Hall–Kier alpha value is -0.640. The van der Waals surface area contributed by atoms with Gasteiger partial charge in [-0.25, -0.2) is 0 Å². The number of fused-ring (bicyclic) bond motifs is 2. The van der Waals surface area contributed by atoms with Crippen LogP contribution in [0, 0.1) is 34.5 Å². The summed E-state index contributed by atoms with van der Waals surface area (Å²) >= 11 is 0. The summed E-state index contributed by atoms with van der Waals surface area (Å²) in [6, 6.07) is 0. The number of aliphatic hydroxyl groups excluding tert-OH is 1. The third-order valence-corrected chi connectivity index (χ3v) is 9.77. The maximum absolute atomic E-state index is 11.8. The van der Waals surface area contributed by atoms with Gasteiger partial charge in [0.15, 0.2) is 0 Å². The molecular formula is C27H44O3. The van der Waals surface area contributed by atoms with Gasteiger partial charge in [-0.05, 0) is 99.9 Å². The molecule has 0 unspecified atom stereocenters. The van der Waals surface area contributed by atoms with Gasteiger partial charge >= 0.3 is 0 Å². The smallest absolute Gasteiger partial charge is 0.0861 e. The first-order valence-electron chi connectivity index (χ1n) is 12.4. The Kier molecular flexibility index (Phi) is 5.60. The van der Waals surface area contributed by atoms with Gasteiger partial charge in [0, 0.05) is 5.41 Å².